The van der Waals surface area contributed by atoms with Crippen LogP contribution in [0.2, 0.25) is 0 Å². The van der Waals surface area contributed by atoms with E-state index in [1.165, 1.54) is 0 Å². The van der Waals surface area contributed by atoms with E-state index in [2.05, 4.69) is 18.5 Å². The lowest BCUT2D eigenvalue weighted by Gasteiger charge is -2.13. The summed E-state index contributed by atoms with van der Waals surface area (Å²) < 4.78 is 37.1. The molecule has 0 aliphatic carbocycles. The molecule has 0 atom stereocenters. The number of aromatic nitrogens is 4. The zero-order valence-electron chi connectivity index (χ0n) is 16.5. The summed E-state index contributed by atoms with van der Waals surface area (Å²) in [5.74, 6) is 0.218. The van der Waals surface area contributed by atoms with Crippen LogP contribution in [0.4, 0.5) is 5.82 Å². The number of nitrogens with zero attached hydrogens (tertiary/aromatic N) is 4. The number of benzene rings is 3. The van der Waals surface area contributed by atoms with Crippen LogP contribution in [0.25, 0.3) is 22.1 Å². The highest BCUT2D eigenvalue weighted by atomic mass is 32.2. The van der Waals surface area contributed by atoms with E-state index in [0.29, 0.717) is 23.1 Å². The maximum absolute atomic E-state index is 13.0. The van der Waals surface area contributed by atoms with Crippen LogP contribution in [0.5, 0.6) is 0 Å². The molecule has 2 aromatic heterocycles. The number of hydrogen-bond acceptors (Lipinski definition) is 7. The molecule has 154 valence electrons. The van der Waals surface area contributed by atoms with Crippen LogP contribution in [0.1, 0.15) is 16.8 Å². The van der Waals surface area contributed by atoms with Gasteiger partial charge in [-0.25, -0.2) is 18.4 Å². The van der Waals surface area contributed by atoms with Gasteiger partial charge in [-0.15, -0.1) is 0 Å². The van der Waals surface area contributed by atoms with Gasteiger partial charge in [0.2, 0.25) is 0 Å². The van der Waals surface area contributed by atoms with E-state index < -0.39 is 10.0 Å². The van der Waals surface area contributed by atoms with Crippen molar-refractivity contribution in [1.82, 2.24) is 18.7 Å². The smallest absolute Gasteiger partial charge is 0.262 e. The highest BCUT2D eigenvalue weighted by molar-refractivity contribution is 7.92. The van der Waals surface area contributed by atoms with Gasteiger partial charge in [-0.2, -0.15) is 8.75 Å². The molecule has 1 N–H and O–H groups in total. The Balaban J connectivity index is 1.57. The van der Waals surface area contributed by atoms with E-state index in [0.717, 1.165) is 33.9 Å². The second-order valence-corrected chi connectivity index (χ2v) is 9.40. The molecule has 7 nitrogen and oxygen atoms in total. The second kappa shape index (κ2) is 7.68. The molecule has 0 spiro atoms. The first-order chi connectivity index (χ1) is 15.0. The molecule has 0 saturated heterocycles. The van der Waals surface area contributed by atoms with Gasteiger partial charge in [0.1, 0.15) is 11.0 Å². The number of anilines is 1. The molecule has 2 heterocycles. The fourth-order valence-electron chi connectivity index (χ4n) is 3.28. The van der Waals surface area contributed by atoms with Crippen LogP contribution < -0.4 is 4.72 Å². The molecule has 0 fully saturated rings. The molecule has 0 radical (unpaired) electrons. The van der Waals surface area contributed by atoms with Gasteiger partial charge in [0.05, 0.1) is 33.4 Å². The lowest BCUT2D eigenvalue weighted by atomic mass is 10.1. The molecule has 0 aliphatic rings. The van der Waals surface area contributed by atoms with E-state index >= 15 is 0 Å². The maximum Gasteiger partial charge on any atom is 0.263 e. The van der Waals surface area contributed by atoms with Crippen molar-refractivity contribution in [2.24, 2.45) is 0 Å². The predicted molar refractivity (Wildman–Crippen MR) is 122 cm³/mol. The van der Waals surface area contributed by atoms with Gasteiger partial charge in [-0.1, -0.05) is 35.9 Å². The Labute approximate surface area is 183 Å². The summed E-state index contributed by atoms with van der Waals surface area (Å²) in [6.45, 7) is 1.91. The third kappa shape index (κ3) is 3.97. The van der Waals surface area contributed by atoms with Crippen molar-refractivity contribution in [1.29, 1.82) is 0 Å². The normalized spacial score (nSPS) is 11.8. The Morgan fingerprint density at radius 1 is 0.839 bits per heavy atom. The van der Waals surface area contributed by atoms with E-state index in [1.54, 1.807) is 24.3 Å². The fourth-order valence-corrected chi connectivity index (χ4v) is 4.82. The van der Waals surface area contributed by atoms with Crippen molar-refractivity contribution >= 4 is 49.6 Å². The van der Waals surface area contributed by atoms with Gasteiger partial charge in [0, 0.05) is 6.42 Å². The minimum absolute atomic E-state index is 0.175. The van der Waals surface area contributed by atoms with Crippen molar-refractivity contribution in [3.05, 3.63) is 83.6 Å². The van der Waals surface area contributed by atoms with Crippen LogP contribution in [-0.4, -0.2) is 27.1 Å². The van der Waals surface area contributed by atoms with Crippen LogP contribution in [0, 0.1) is 6.92 Å². The van der Waals surface area contributed by atoms with E-state index in [4.69, 9.17) is 4.98 Å². The highest BCUT2D eigenvalue weighted by Crippen LogP contribution is 2.24. The largest absolute Gasteiger partial charge is 0.263 e. The SMILES string of the molecule is Cc1ccc(S(=O)(=O)Nc2nc3ccccc3nc2Cc2ccc3nsnc3c2)cc1. The van der Waals surface area contributed by atoms with E-state index in [9.17, 15) is 8.42 Å². The number of nitrogens with one attached hydrogen (secondary N) is 1. The van der Waals surface area contributed by atoms with Crippen molar-refractivity contribution in [2.75, 3.05) is 4.72 Å². The van der Waals surface area contributed by atoms with E-state index in [-0.39, 0.29) is 10.7 Å². The predicted octanol–water partition coefficient (Wildman–Crippen LogP) is 4.33. The highest BCUT2D eigenvalue weighted by Gasteiger charge is 2.19. The molecule has 0 saturated carbocycles. The number of fused-ring (bicyclic) bond motifs is 2. The summed E-state index contributed by atoms with van der Waals surface area (Å²) >= 11 is 1.16. The molecular formula is C22H17N5O2S2. The van der Waals surface area contributed by atoms with Crippen LogP contribution in [0.3, 0.4) is 0 Å². The van der Waals surface area contributed by atoms with Gasteiger partial charge >= 0.3 is 0 Å². The number of hydrogen-bond donors (Lipinski definition) is 1. The summed E-state index contributed by atoms with van der Waals surface area (Å²) in [5.41, 5.74) is 5.42. The second-order valence-electron chi connectivity index (χ2n) is 7.19. The van der Waals surface area contributed by atoms with Crippen molar-refractivity contribution in [2.45, 2.75) is 18.2 Å². The molecule has 3 aromatic carbocycles. The molecular weight excluding hydrogens is 430 g/mol. The average Bonchev–Trinajstić information content (AvgIpc) is 3.22. The Bertz CT molecular complexity index is 1510. The lowest BCUT2D eigenvalue weighted by Crippen LogP contribution is -2.16. The Kier molecular flexibility index (Phi) is 4.84. The molecule has 9 heteroatoms. The quantitative estimate of drug-likeness (QED) is 0.431. The Hall–Kier alpha value is -3.43. The molecule has 31 heavy (non-hydrogen) atoms. The monoisotopic (exact) mass is 447 g/mol. The third-order valence-electron chi connectivity index (χ3n) is 4.89. The maximum atomic E-state index is 13.0. The molecule has 0 amide bonds. The Morgan fingerprint density at radius 2 is 1.55 bits per heavy atom. The zero-order chi connectivity index (χ0) is 21.4. The minimum Gasteiger partial charge on any atom is -0.262 e. The zero-order valence-corrected chi connectivity index (χ0v) is 18.1. The Morgan fingerprint density at radius 3 is 2.32 bits per heavy atom. The van der Waals surface area contributed by atoms with E-state index in [1.807, 2.05) is 49.4 Å². The van der Waals surface area contributed by atoms with Crippen molar-refractivity contribution in [3.63, 3.8) is 0 Å². The topological polar surface area (TPSA) is 97.7 Å². The minimum atomic E-state index is -3.81. The first-order valence-corrected chi connectivity index (χ1v) is 11.8. The first kappa shape index (κ1) is 19.5. The number of para-hydroxylation sites is 2. The average molecular weight is 448 g/mol. The van der Waals surface area contributed by atoms with Gasteiger partial charge in [-0.3, -0.25) is 4.72 Å². The number of rotatable bonds is 5. The standard InChI is InChI=1S/C22H17N5O2S2/c1-14-6-9-16(10-7-14)31(28,29)27-22-21(23-17-4-2-3-5-18(17)24-22)13-15-8-11-19-20(12-15)26-30-25-19/h2-12H,13H2,1H3,(H,24,27). The molecule has 0 unspecified atom stereocenters. The summed E-state index contributed by atoms with van der Waals surface area (Å²) in [4.78, 5) is 9.46. The first-order valence-electron chi connectivity index (χ1n) is 9.54. The molecule has 0 bridgehead atoms. The van der Waals surface area contributed by atoms with Gasteiger partial charge in [0.25, 0.3) is 10.0 Å². The third-order valence-corrected chi connectivity index (χ3v) is 6.81. The molecule has 0 aliphatic heterocycles. The van der Waals surface area contributed by atoms with Crippen molar-refractivity contribution in [3.8, 4) is 0 Å². The number of sulfonamides is 1. The summed E-state index contributed by atoms with van der Waals surface area (Å²) in [6.07, 6.45) is 0.400. The fraction of sp³-hybridized carbons (Fsp3) is 0.0909. The van der Waals surface area contributed by atoms with Crippen LogP contribution >= 0.6 is 11.7 Å². The van der Waals surface area contributed by atoms with Crippen LogP contribution in [0.15, 0.2) is 71.6 Å². The summed E-state index contributed by atoms with van der Waals surface area (Å²) in [7, 11) is -3.81. The molecule has 5 rings (SSSR count). The summed E-state index contributed by atoms with van der Waals surface area (Å²) in [5, 5.41) is 0. The van der Waals surface area contributed by atoms with Crippen LogP contribution in [-0.2, 0) is 16.4 Å². The van der Waals surface area contributed by atoms with Crippen molar-refractivity contribution < 1.29 is 8.42 Å². The van der Waals surface area contributed by atoms with Gasteiger partial charge in [0.15, 0.2) is 5.82 Å². The van der Waals surface area contributed by atoms with Gasteiger partial charge in [-0.05, 0) is 48.9 Å². The van der Waals surface area contributed by atoms with Gasteiger partial charge < -0.3 is 0 Å². The number of aryl methyl sites for hydroxylation is 1. The summed E-state index contributed by atoms with van der Waals surface area (Å²) in [6, 6.07) is 19.9. The lowest BCUT2D eigenvalue weighted by molar-refractivity contribution is 0.601. The molecule has 5 aromatic rings.